The van der Waals surface area contributed by atoms with E-state index in [1.54, 1.807) is 0 Å². The van der Waals surface area contributed by atoms with Crippen LogP contribution in [0.5, 0.6) is 0 Å². The molecule has 0 atom stereocenters. The van der Waals surface area contributed by atoms with E-state index in [1.165, 1.54) is 11.1 Å². The second kappa shape index (κ2) is 6.11. The van der Waals surface area contributed by atoms with Gasteiger partial charge >= 0.3 is 0 Å². The van der Waals surface area contributed by atoms with Gasteiger partial charge in [-0.3, -0.25) is 0 Å². The summed E-state index contributed by atoms with van der Waals surface area (Å²) in [6.45, 7) is 0.880. The number of aromatic nitrogens is 2. The zero-order valence-corrected chi connectivity index (χ0v) is 11.3. The molecule has 2 nitrogen and oxygen atoms in total. The Morgan fingerprint density at radius 1 is 0.800 bits per heavy atom. The van der Waals surface area contributed by atoms with Gasteiger partial charge in [-0.2, -0.15) is 4.57 Å². The lowest BCUT2D eigenvalue weighted by Crippen LogP contribution is -2.34. The maximum atomic E-state index is 4.46. The number of hydrogen-bond acceptors (Lipinski definition) is 1. The van der Waals surface area contributed by atoms with E-state index < -0.39 is 0 Å². The Bertz CT molecular complexity index is 607. The summed E-state index contributed by atoms with van der Waals surface area (Å²) in [6, 6.07) is 20.9. The van der Waals surface area contributed by atoms with Crippen LogP contribution in [0.1, 0.15) is 16.8 Å². The van der Waals surface area contributed by atoms with Crippen LogP contribution in [0.2, 0.25) is 0 Å². The normalized spacial score (nSPS) is 10.4. The molecule has 0 saturated carbocycles. The number of rotatable bonds is 4. The molecule has 3 aromatic rings. The topological polar surface area (TPSA) is 16.8 Å². The van der Waals surface area contributed by atoms with E-state index in [4.69, 9.17) is 0 Å². The predicted molar refractivity (Wildman–Crippen MR) is 79.2 cm³/mol. The molecule has 0 unspecified atom stereocenters. The predicted octanol–water partition coefficient (Wildman–Crippen LogP) is 3.01. The molecule has 98 valence electrons. The van der Waals surface area contributed by atoms with Gasteiger partial charge in [0.05, 0.1) is 6.20 Å². The van der Waals surface area contributed by atoms with Crippen molar-refractivity contribution in [2.75, 3.05) is 0 Å². The molecule has 2 heteroatoms. The molecular formula is C18H17N2+. The second-order valence-electron chi connectivity index (χ2n) is 4.87. The van der Waals surface area contributed by atoms with Crippen molar-refractivity contribution >= 4 is 0 Å². The van der Waals surface area contributed by atoms with E-state index in [0.717, 1.165) is 18.7 Å². The first-order valence-corrected chi connectivity index (χ1v) is 6.82. The summed E-state index contributed by atoms with van der Waals surface area (Å²) in [5, 5.41) is 0. The summed E-state index contributed by atoms with van der Waals surface area (Å²) in [5.74, 6) is 0. The molecule has 0 spiro atoms. The fourth-order valence-corrected chi connectivity index (χ4v) is 2.27. The third-order valence-corrected chi connectivity index (χ3v) is 3.25. The summed E-state index contributed by atoms with van der Waals surface area (Å²) in [5.41, 5.74) is 3.68. The molecule has 20 heavy (non-hydrogen) atoms. The molecule has 0 aliphatic rings. The van der Waals surface area contributed by atoms with E-state index in [9.17, 15) is 0 Å². The average Bonchev–Trinajstić information content (AvgIpc) is 2.50. The van der Waals surface area contributed by atoms with Crippen molar-refractivity contribution in [1.82, 2.24) is 4.98 Å². The van der Waals surface area contributed by atoms with Crippen molar-refractivity contribution in [2.45, 2.75) is 13.0 Å². The van der Waals surface area contributed by atoms with E-state index in [1.807, 2.05) is 24.5 Å². The van der Waals surface area contributed by atoms with E-state index in [0.29, 0.717) is 0 Å². The monoisotopic (exact) mass is 261 g/mol. The van der Waals surface area contributed by atoms with Gasteiger partial charge in [0, 0.05) is 12.0 Å². The number of benzene rings is 2. The van der Waals surface area contributed by atoms with Crippen LogP contribution in [-0.4, -0.2) is 4.98 Å². The standard InChI is InChI=1S/C18H17N2/c1-3-7-16(8-4-1)13-18-15-20(12-11-19-18)14-17-9-5-2-6-10-17/h1-12,15H,13-14H2/q+1. The van der Waals surface area contributed by atoms with Crippen LogP contribution in [0.15, 0.2) is 79.3 Å². The van der Waals surface area contributed by atoms with Crippen LogP contribution < -0.4 is 4.57 Å². The van der Waals surface area contributed by atoms with Gasteiger partial charge < -0.3 is 0 Å². The van der Waals surface area contributed by atoms with Gasteiger partial charge in [-0.1, -0.05) is 60.7 Å². The maximum absolute atomic E-state index is 4.46. The Morgan fingerprint density at radius 2 is 1.45 bits per heavy atom. The first-order valence-electron chi connectivity index (χ1n) is 6.82. The molecule has 3 rings (SSSR count). The van der Waals surface area contributed by atoms with E-state index in [2.05, 4.69) is 64.3 Å². The molecule has 0 saturated heterocycles. The molecule has 0 fully saturated rings. The van der Waals surface area contributed by atoms with Gasteiger partial charge in [-0.05, 0) is 5.56 Å². The Hall–Kier alpha value is -2.48. The van der Waals surface area contributed by atoms with Crippen molar-refractivity contribution < 1.29 is 4.57 Å². The largest absolute Gasteiger partial charge is 0.248 e. The minimum atomic E-state index is 0.871. The molecule has 0 radical (unpaired) electrons. The van der Waals surface area contributed by atoms with Crippen LogP contribution in [0.25, 0.3) is 0 Å². The van der Waals surface area contributed by atoms with Gasteiger partial charge in [0.1, 0.15) is 5.69 Å². The molecule has 0 bridgehead atoms. The summed E-state index contributed by atoms with van der Waals surface area (Å²) in [7, 11) is 0. The third-order valence-electron chi connectivity index (χ3n) is 3.25. The van der Waals surface area contributed by atoms with Crippen LogP contribution in [0, 0.1) is 0 Å². The maximum Gasteiger partial charge on any atom is 0.191 e. The molecule has 0 aliphatic carbocycles. The van der Waals surface area contributed by atoms with Crippen molar-refractivity contribution in [2.24, 2.45) is 0 Å². The van der Waals surface area contributed by atoms with Crippen LogP contribution >= 0.6 is 0 Å². The molecule has 0 amide bonds. The SMILES string of the molecule is c1ccc(Cc2c[n+](Cc3ccccc3)ccn2)cc1. The molecule has 1 aromatic heterocycles. The van der Waals surface area contributed by atoms with Gasteiger partial charge in [-0.15, -0.1) is 0 Å². The average molecular weight is 261 g/mol. The van der Waals surface area contributed by atoms with Gasteiger partial charge in [0.15, 0.2) is 18.9 Å². The van der Waals surface area contributed by atoms with E-state index >= 15 is 0 Å². The molecule has 0 N–H and O–H groups in total. The second-order valence-corrected chi connectivity index (χ2v) is 4.87. The highest BCUT2D eigenvalue weighted by atomic mass is 15.0. The Labute approximate surface area is 119 Å². The molecule has 2 aromatic carbocycles. The lowest BCUT2D eigenvalue weighted by atomic mass is 10.1. The highest BCUT2D eigenvalue weighted by Gasteiger charge is 2.06. The fourth-order valence-electron chi connectivity index (χ4n) is 2.27. The van der Waals surface area contributed by atoms with Crippen molar-refractivity contribution in [3.8, 4) is 0 Å². The van der Waals surface area contributed by atoms with Gasteiger partial charge in [-0.25, -0.2) is 4.98 Å². The number of nitrogens with zero attached hydrogens (tertiary/aromatic N) is 2. The zero-order valence-electron chi connectivity index (χ0n) is 11.3. The minimum Gasteiger partial charge on any atom is -0.248 e. The summed E-state index contributed by atoms with van der Waals surface area (Å²) < 4.78 is 2.18. The Kier molecular flexibility index (Phi) is 3.83. The number of hydrogen-bond donors (Lipinski definition) is 0. The quantitative estimate of drug-likeness (QED) is 0.660. The first kappa shape index (κ1) is 12.5. The van der Waals surface area contributed by atoms with Crippen molar-refractivity contribution in [1.29, 1.82) is 0 Å². The first-order chi connectivity index (χ1) is 9.90. The molecular weight excluding hydrogens is 244 g/mol. The highest BCUT2D eigenvalue weighted by molar-refractivity contribution is 5.19. The Balaban J connectivity index is 1.76. The lowest BCUT2D eigenvalue weighted by molar-refractivity contribution is -0.689. The lowest BCUT2D eigenvalue weighted by Gasteiger charge is -2.01. The molecule has 1 heterocycles. The highest BCUT2D eigenvalue weighted by Crippen LogP contribution is 2.05. The summed E-state index contributed by atoms with van der Waals surface area (Å²) in [4.78, 5) is 4.46. The van der Waals surface area contributed by atoms with Gasteiger partial charge in [0.25, 0.3) is 0 Å². The third kappa shape index (κ3) is 3.29. The zero-order chi connectivity index (χ0) is 13.6. The smallest absolute Gasteiger partial charge is 0.191 e. The summed E-state index contributed by atoms with van der Waals surface area (Å²) >= 11 is 0. The Morgan fingerprint density at radius 3 is 2.15 bits per heavy atom. The van der Waals surface area contributed by atoms with Crippen molar-refractivity contribution in [3.05, 3.63) is 96.1 Å². The van der Waals surface area contributed by atoms with Crippen LogP contribution in [0.3, 0.4) is 0 Å². The van der Waals surface area contributed by atoms with Crippen LogP contribution in [-0.2, 0) is 13.0 Å². The minimum absolute atomic E-state index is 0.871. The molecule has 0 aliphatic heterocycles. The van der Waals surface area contributed by atoms with Crippen molar-refractivity contribution in [3.63, 3.8) is 0 Å². The fraction of sp³-hybridized carbons (Fsp3) is 0.111. The van der Waals surface area contributed by atoms with Gasteiger partial charge in [0.2, 0.25) is 0 Å². The summed E-state index contributed by atoms with van der Waals surface area (Å²) in [6.07, 6.45) is 6.89. The van der Waals surface area contributed by atoms with E-state index in [-0.39, 0.29) is 0 Å². The van der Waals surface area contributed by atoms with Crippen LogP contribution in [0.4, 0.5) is 0 Å².